The van der Waals surface area contributed by atoms with Crippen molar-refractivity contribution in [3.05, 3.63) is 78.4 Å². The molecule has 0 spiro atoms. The maximum Gasteiger partial charge on any atom is 0.254 e. The third-order valence-electron chi connectivity index (χ3n) is 3.94. The molecule has 7 heteroatoms. The standard InChI is InChI=1S/C20H25N3O3S/c1-2-13-22-27(25,26)19-11-6-10-18(15-19)20(24)23(14-7-12-21)16-17-8-4-3-5-9-17/h2-6,8-11,15,22H,1,7,12-14,16,21H2. The van der Waals surface area contributed by atoms with E-state index in [-0.39, 0.29) is 17.3 Å². The molecule has 0 radical (unpaired) electrons. The summed E-state index contributed by atoms with van der Waals surface area (Å²) in [6, 6.07) is 15.7. The summed E-state index contributed by atoms with van der Waals surface area (Å²) in [4.78, 5) is 14.7. The summed E-state index contributed by atoms with van der Waals surface area (Å²) < 4.78 is 27.0. The summed E-state index contributed by atoms with van der Waals surface area (Å²) in [5.41, 5.74) is 6.93. The molecule has 0 saturated carbocycles. The average Bonchev–Trinajstić information content (AvgIpc) is 2.70. The second-order valence-electron chi connectivity index (χ2n) is 6.02. The fraction of sp³-hybridized carbons (Fsp3) is 0.250. The van der Waals surface area contributed by atoms with Gasteiger partial charge in [0.15, 0.2) is 0 Å². The molecule has 0 heterocycles. The Bertz CT molecular complexity index is 867. The van der Waals surface area contributed by atoms with Crippen LogP contribution < -0.4 is 10.5 Å². The smallest absolute Gasteiger partial charge is 0.254 e. The van der Waals surface area contributed by atoms with Gasteiger partial charge in [-0.2, -0.15) is 0 Å². The lowest BCUT2D eigenvalue weighted by Crippen LogP contribution is -2.33. The van der Waals surface area contributed by atoms with Crippen molar-refractivity contribution in [2.75, 3.05) is 19.6 Å². The second-order valence-corrected chi connectivity index (χ2v) is 7.79. The second kappa shape index (κ2) is 10.0. The summed E-state index contributed by atoms with van der Waals surface area (Å²) >= 11 is 0. The minimum atomic E-state index is -3.69. The van der Waals surface area contributed by atoms with Crippen molar-refractivity contribution in [1.29, 1.82) is 0 Å². The molecule has 144 valence electrons. The zero-order chi connectivity index (χ0) is 19.7. The Morgan fingerprint density at radius 2 is 1.89 bits per heavy atom. The van der Waals surface area contributed by atoms with E-state index in [4.69, 9.17) is 5.73 Å². The van der Waals surface area contributed by atoms with Gasteiger partial charge in [0.25, 0.3) is 5.91 Å². The predicted molar refractivity (Wildman–Crippen MR) is 107 cm³/mol. The monoisotopic (exact) mass is 387 g/mol. The van der Waals surface area contributed by atoms with Gasteiger partial charge in [-0.05, 0) is 36.7 Å². The highest BCUT2D eigenvalue weighted by Gasteiger charge is 2.19. The Morgan fingerprint density at radius 1 is 1.15 bits per heavy atom. The van der Waals surface area contributed by atoms with Crippen LogP contribution in [0.3, 0.4) is 0 Å². The van der Waals surface area contributed by atoms with Crippen LogP contribution in [0, 0.1) is 0 Å². The number of sulfonamides is 1. The molecular formula is C20H25N3O3S. The van der Waals surface area contributed by atoms with E-state index in [0.29, 0.717) is 31.6 Å². The molecule has 0 atom stereocenters. The Morgan fingerprint density at radius 3 is 2.56 bits per heavy atom. The quantitative estimate of drug-likeness (QED) is 0.611. The number of nitrogens with two attached hydrogens (primary N) is 1. The van der Waals surface area contributed by atoms with Gasteiger partial charge in [0.1, 0.15) is 0 Å². The first-order chi connectivity index (χ1) is 13.0. The zero-order valence-electron chi connectivity index (χ0n) is 15.2. The number of benzene rings is 2. The minimum absolute atomic E-state index is 0.0497. The van der Waals surface area contributed by atoms with Crippen molar-refractivity contribution >= 4 is 15.9 Å². The van der Waals surface area contributed by atoms with Gasteiger partial charge in [-0.1, -0.05) is 42.5 Å². The molecule has 0 aliphatic rings. The lowest BCUT2D eigenvalue weighted by molar-refractivity contribution is 0.0742. The minimum Gasteiger partial charge on any atom is -0.334 e. The predicted octanol–water partition coefficient (Wildman–Crippen LogP) is 2.14. The summed E-state index contributed by atoms with van der Waals surface area (Å²) in [5.74, 6) is -0.229. The fourth-order valence-electron chi connectivity index (χ4n) is 2.57. The maximum absolute atomic E-state index is 13.0. The summed E-state index contributed by atoms with van der Waals surface area (Å²) in [6.07, 6.45) is 2.12. The van der Waals surface area contributed by atoms with E-state index in [9.17, 15) is 13.2 Å². The first-order valence-corrected chi connectivity index (χ1v) is 10.2. The Kier molecular flexibility index (Phi) is 7.72. The first kappa shape index (κ1) is 20.8. The van der Waals surface area contributed by atoms with Gasteiger partial charge in [-0.25, -0.2) is 13.1 Å². The van der Waals surface area contributed by atoms with Gasteiger partial charge in [-0.15, -0.1) is 6.58 Å². The number of nitrogens with zero attached hydrogens (tertiary/aromatic N) is 1. The normalized spacial score (nSPS) is 11.1. The highest BCUT2D eigenvalue weighted by atomic mass is 32.2. The van der Waals surface area contributed by atoms with E-state index >= 15 is 0 Å². The summed E-state index contributed by atoms with van der Waals surface area (Å²) in [7, 11) is -3.69. The number of carbonyl (C=O) groups excluding carboxylic acids is 1. The van der Waals surface area contributed by atoms with Crippen molar-refractivity contribution < 1.29 is 13.2 Å². The molecule has 0 aliphatic carbocycles. The van der Waals surface area contributed by atoms with Crippen molar-refractivity contribution in [2.24, 2.45) is 5.73 Å². The fourth-order valence-corrected chi connectivity index (χ4v) is 3.61. The third kappa shape index (κ3) is 6.02. The lowest BCUT2D eigenvalue weighted by atomic mass is 10.1. The van der Waals surface area contributed by atoms with E-state index in [1.807, 2.05) is 30.3 Å². The SMILES string of the molecule is C=CCNS(=O)(=O)c1cccc(C(=O)N(CCCN)Cc2ccccc2)c1. The molecule has 0 fully saturated rings. The van der Waals surface area contributed by atoms with Gasteiger partial charge in [0, 0.05) is 25.2 Å². The average molecular weight is 388 g/mol. The maximum atomic E-state index is 13.0. The van der Waals surface area contributed by atoms with Gasteiger partial charge < -0.3 is 10.6 Å². The molecule has 2 rings (SSSR count). The van der Waals surface area contributed by atoms with E-state index in [1.165, 1.54) is 18.2 Å². The molecule has 0 aromatic heterocycles. The molecule has 2 aromatic carbocycles. The van der Waals surface area contributed by atoms with Crippen molar-refractivity contribution in [1.82, 2.24) is 9.62 Å². The number of nitrogens with one attached hydrogen (secondary N) is 1. The first-order valence-electron chi connectivity index (χ1n) is 8.72. The van der Waals surface area contributed by atoms with Crippen molar-refractivity contribution in [3.63, 3.8) is 0 Å². The Balaban J connectivity index is 2.26. The van der Waals surface area contributed by atoms with Crippen LogP contribution in [-0.4, -0.2) is 38.9 Å². The van der Waals surface area contributed by atoms with E-state index < -0.39 is 10.0 Å². The number of hydrogen-bond donors (Lipinski definition) is 2. The largest absolute Gasteiger partial charge is 0.334 e. The topological polar surface area (TPSA) is 92.5 Å². The molecule has 0 unspecified atom stereocenters. The van der Waals surface area contributed by atoms with Crippen LogP contribution in [0.5, 0.6) is 0 Å². The van der Waals surface area contributed by atoms with Gasteiger partial charge >= 0.3 is 0 Å². The molecule has 0 bridgehead atoms. The molecule has 27 heavy (non-hydrogen) atoms. The number of amides is 1. The Hall–Kier alpha value is -2.48. The van der Waals surface area contributed by atoms with E-state index in [2.05, 4.69) is 11.3 Å². The third-order valence-corrected chi connectivity index (χ3v) is 5.37. The molecule has 6 nitrogen and oxygen atoms in total. The molecule has 2 aromatic rings. The molecule has 0 aliphatic heterocycles. The van der Waals surface area contributed by atoms with Crippen molar-refractivity contribution in [3.8, 4) is 0 Å². The van der Waals surface area contributed by atoms with E-state index in [0.717, 1.165) is 5.56 Å². The highest BCUT2D eigenvalue weighted by Crippen LogP contribution is 2.15. The highest BCUT2D eigenvalue weighted by molar-refractivity contribution is 7.89. The van der Waals surface area contributed by atoms with Gasteiger partial charge in [0.05, 0.1) is 4.90 Å². The van der Waals surface area contributed by atoms with Crippen LogP contribution in [0.1, 0.15) is 22.3 Å². The van der Waals surface area contributed by atoms with Crippen LogP contribution in [0.4, 0.5) is 0 Å². The van der Waals surface area contributed by atoms with Crippen LogP contribution in [0.2, 0.25) is 0 Å². The number of rotatable bonds is 10. The van der Waals surface area contributed by atoms with Crippen LogP contribution in [-0.2, 0) is 16.6 Å². The van der Waals surface area contributed by atoms with Crippen molar-refractivity contribution in [2.45, 2.75) is 17.9 Å². The van der Waals surface area contributed by atoms with Gasteiger partial charge in [-0.3, -0.25) is 4.79 Å². The molecular weight excluding hydrogens is 362 g/mol. The number of hydrogen-bond acceptors (Lipinski definition) is 4. The lowest BCUT2D eigenvalue weighted by Gasteiger charge is -2.23. The van der Waals surface area contributed by atoms with E-state index in [1.54, 1.807) is 17.0 Å². The summed E-state index contributed by atoms with van der Waals surface area (Å²) in [5, 5.41) is 0. The molecule has 0 saturated heterocycles. The Labute approximate surface area is 160 Å². The van der Waals surface area contributed by atoms with Crippen LogP contribution in [0.15, 0.2) is 72.1 Å². The van der Waals surface area contributed by atoms with Gasteiger partial charge in [0.2, 0.25) is 10.0 Å². The van der Waals surface area contributed by atoms with Crippen LogP contribution >= 0.6 is 0 Å². The van der Waals surface area contributed by atoms with Crippen LogP contribution in [0.25, 0.3) is 0 Å². The number of carbonyl (C=O) groups is 1. The molecule has 3 N–H and O–H groups in total. The summed E-state index contributed by atoms with van der Waals surface area (Å²) in [6.45, 7) is 5.02. The zero-order valence-corrected chi connectivity index (χ0v) is 16.0. The molecule has 1 amide bonds.